The largest absolute Gasteiger partial charge is 0.465 e. The molecule has 1 aromatic carbocycles. The summed E-state index contributed by atoms with van der Waals surface area (Å²) in [6.45, 7) is 3.07. The molecule has 1 aromatic rings. The highest BCUT2D eigenvalue weighted by atomic mass is 16.5. The van der Waals surface area contributed by atoms with Gasteiger partial charge in [0.25, 0.3) is 5.91 Å². The summed E-state index contributed by atoms with van der Waals surface area (Å²) in [5.74, 6) is -1.66. The third kappa shape index (κ3) is 5.68. The van der Waals surface area contributed by atoms with Crippen LogP contribution in [0.4, 0.5) is 5.69 Å². The van der Waals surface area contributed by atoms with E-state index >= 15 is 0 Å². The highest BCUT2D eigenvalue weighted by molar-refractivity contribution is 6.01. The topological polar surface area (TPSA) is 133 Å². The molecule has 1 rings (SSSR count). The van der Waals surface area contributed by atoms with E-state index in [4.69, 9.17) is 5.53 Å². The third-order valence-corrected chi connectivity index (χ3v) is 2.75. The smallest absolute Gasteiger partial charge is 0.325 e. The minimum atomic E-state index is -0.879. The molecule has 9 nitrogen and oxygen atoms in total. The lowest BCUT2D eigenvalue weighted by molar-refractivity contribution is -0.143. The van der Waals surface area contributed by atoms with Gasteiger partial charge in [-0.15, -0.1) is 0 Å². The van der Waals surface area contributed by atoms with Crippen molar-refractivity contribution >= 4 is 23.5 Å². The predicted octanol–water partition coefficient (Wildman–Crippen LogP) is 1.43. The molecule has 0 radical (unpaired) electrons. The van der Waals surface area contributed by atoms with Crippen molar-refractivity contribution in [1.82, 2.24) is 10.6 Å². The van der Waals surface area contributed by atoms with Crippen molar-refractivity contribution in [3.05, 3.63) is 40.3 Å². The summed E-state index contributed by atoms with van der Waals surface area (Å²) < 4.78 is 4.68. The van der Waals surface area contributed by atoms with E-state index < -0.39 is 23.8 Å². The summed E-state index contributed by atoms with van der Waals surface area (Å²) in [6, 6.07) is 5.31. The Labute approximate surface area is 132 Å². The molecule has 0 bridgehead atoms. The summed E-state index contributed by atoms with van der Waals surface area (Å²) in [4.78, 5) is 37.7. The number of ether oxygens (including phenoxy) is 1. The molecule has 1 atom stereocenters. The molecule has 0 aromatic heterocycles. The fourth-order valence-corrected chi connectivity index (χ4v) is 1.67. The summed E-state index contributed by atoms with van der Waals surface area (Å²) in [7, 11) is 0. The Balaban J connectivity index is 2.65. The van der Waals surface area contributed by atoms with E-state index in [0.717, 1.165) is 0 Å². The lowest BCUT2D eigenvalue weighted by Crippen LogP contribution is -2.46. The predicted molar refractivity (Wildman–Crippen MR) is 81.8 cm³/mol. The second kappa shape index (κ2) is 9.06. The van der Waals surface area contributed by atoms with Crippen LogP contribution in [0.3, 0.4) is 0 Å². The van der Waals surface area contributed by atoms with Gasteiger partial charge in [0.2, 0.25) is 5.91 Å². The van der Waals surface area contributed by atoms with Crippen LogP contribution in [0.5, 0.6) is 0 Å². The normalized spacial score (nSPS) is 10.9. The molecule has 0 unspecified atom stereocenters. The van der Waals surface area contributed by atoms with Crippen LogP contribution in [0, 0.1) is 0 Å². The van der Waals surface area contributed by atoms with Crippen LogP contribution in [-0.4, -0.2) is 37.0 Å². The highest BCUT2D eigenvalue weighted by Gasteiger charge is 2.18. The summed E-state index contributed by atoms with van der Waals surface area (Å²) in [6.07, 6.45) is 0. The maximum Gasteiger partial charge on any atom is 0.325 e. The Morgan fingerprint density at radius 3 is 2.70 bits per heavy atom. The van der Waals surface area contributed by atoms with E-state index in [-0.39, 0.29) is 24.4 Å². The molecule has 0 aliphatic heterocycles. The van der Waals surface area contributed by atoms with E-state index in [9.17, 15) is 14.4 Å². The van der Waals surface area contributed by atoms with Gasteiger partial charge in [0.1, 0.15) is 12.6 Å². The number of nitrogens with one attached hydrogen (secondary N) is 2. The van der Waals surface area contributed by atoms with E-state index in [1.54, 1.807) is 19.1 Å². The van der Waals surface area contributed by atoms with Crippen molar-refractivity contribution in [2.75, 3.05) is 13.2 Å². The summed E-state index contributed by atoms with van der Waals surface area (Å²) in [5.41, 5.74) is 8.79. The number of nitrogens with zero attached hydrogens (tertiary/aromatic N) is 3. The SMILES string of the molecule is CCOC(=O)CNC(=O)[C@@H](C)NC(=O)c1ccccc1N=[N+]=[N-]. The van der Waals surface area contributed by atoms with Gasteiger partial charge in [0.15, 0.2) is 0 Å². The average molecular weight is 319 g/mol. The number of esters is 1. The first-order chi connectivity index (χ1) is 11.0. The van der Waals surface area contributed by atoms with Gasteiger partial charge in [-0.1, -0.05) is 23.3 Å². The van der Waals surface area contributed by atoms with Gasteiger partial charge in [0, 0.05) is 10.5 Å². The molecular weight excluding hydrogens is 302 g/mol. The number of carbonyl (C=O) groups excluding carboxylic acids is 3. The summed E-state index contributed by atoms with van der Waals surface area (Å²) >= 11 is 0. The minimum absolute atomic E-state index is 0.148. The molecule has 0 saturated heterocycles. The maximum atomic E-state index is 12.1. The number of hydrogen-bond donors (Lipinski definition) is 2. The van der Waals surface area contributed by atoms with Gasteiger partial charge in [-0.2, -0.15) is 0 Å². The number of carbonyl (C=O) groups is 3. The molecule has 0 heterocycles. The molecule has 2 N–H and O–H groups in total. The fourth-order valence-electron chi connectivity index (χ4n) is 1.67. The third-order valence-electron chi connectivity index (χ3n) is 2.75. The van der Waals surface area contributed by atoms with Crippen molar-refractivity contribution in [3.8, 4) is 0 Å². The Hall–Kier alpha value is -3.06. The van der Waals surface area contributed by atoms with Crippen LogP contribution in [0.25, 0.3) is 10.4 Å². The molecule has 0 saturated carbocycles. The first-order valence-corrected chi connectivity index (χ1v) is 6.88. The standard InChI is InChI=1S/C14H17N5O4/c1-3-23-12(20)8-16-13(21)9(2)17-14(22)10-6-4-5-7-11(10)18-19-15/h4-7,9H,3,8H2,1-2H3,(H,16,21)(H,17,22)/t9-/m1/s1. The first-order valence-electron chi connectivity index (χ1n) is 6.88. The van der Waals surface area contributed by atoms with Crippen molar-refractivity contribution in [2.24, 2.45) is 5.11 Å². The molecular formula is C14H17N5O4. The van der Waals surface area contributed by atoms with E-state index in [0.29, 0.717) is 0 Å². The second-order valence-electron chi connectivity index (χ2n) is 4.42. The number of benzene rings is 1. The Morgan fingerprint density at radius 2 is 2.04 bits per heavy atom. The van der Waals surface area contributed by atoms with Gasteiger partial charge in [-0.3, -0.25) is 14.4 Å². The lowest BCUT2D eigenvalue weighted by atomic mass is 10.1. The van der Waals surface area contributed by atoms with Crippen molar-refractivity contribution in [2.45, 2.75) is 19.9 Å². The lowest BCUT2D eigenvalue weighted by Gasteiger charge is -2.14. The Bertz CT molecular complexity index is 640. The second-order valence-corrected chi connectivity index (χ2v) is 4.42. The Morgan fingerprint density at radius 1 is 1.35 bits per heavy atom. The minimum Gasteiger partial charge on any atom is -0.465 e. The molecule has 0 fully saturated rings. The van der Waals surface area contributed by atoms with Crippen LogP contribution in [0.15, 0.2) is 29.4 Å². The van der Waals surface area contributed by atoms with Crippen molar-refractivity contribution in [1.29, 1.82) is 0 Å². The van der Waals surface area contributed by atoms with Crippen LogP contribution in [0.2, 0.25) is 0 Å². The molecule has 2 amide bonds. The molecule has 9 heteroatoms. The molecule has 0 aliphatic carbocycles. The van der Waals surface area contributed by atoms with Gasteiger partial charge in [0.05, 0.1) is 12.3 Å². The van der Waals surface area contributed by atoms with Crippen molar-refractivity contribution in [3.63, 3.8) is 0 Å². The van der Waals surface area contributed by atoms with Gasteiger partial charge in [-0.25, -0.2) is 0 Å². The van der Waals surface area contributed by atoms with E-state index in [1.165, 1.54) is 19.1 Å². The zero-order chi connectivity index (χ0) is 17.2. The van der Waals surface area contributed by atoms with Crippen LogP contribution >= 0.6 is 0 Å². The highest BCUT2D eigenvalue weighted by Crippen LogP contribution is 2.18. The maximum absolute atomic E-state index is 12.1. The Kier molecular flexibility index (Phi) is 7.09. The fraction of sp³-hybridized carbons (Fsp3) is 0.357. The van der Waals surface area contributed by atoms with Gasteiger partial charge < -0.3 is 15.4 Å². The molecule has 0 spiro atoms. The van der Waals surface area contributed by atoms with Crippen LogP contribution < -0.4 is 10.6 Å². The van der Waals surface area contributed by atoms with Crippen LogP contribution in [-0.2, 0) is 14.3 Å². The zero-order valence-corrected chi connectivity index (χ0v) is 12.8. The number of rotatable bonds is 7. The number of hydrogen-bond acceptors (Lipinski definition) is 5. The van der Waals surface area contributed by atoms with Gasteiger partial charge in [-0.05, 0) is 25.4 Å². The molecule has 122 valence electrons. The molecule has 23 heavy (non-hydrogen) atoms. The first kappa shape index (κ1) is 18.0. The quantitative estimate of drug-likeness (QED) is 0.340. The number of amides is 2. The van der Waals surface area contributed by atoms with Gasteiger partial charge >= 0.3 is 5.97 Å². The average Bonchev–Trinajstić information content (AvgIpc) is 2.53. The van der Waals surface area contributed by atoms with Crippen molar-refractivity contribution < 1.29 is 19.1 Å². The zero-order valence-electron chi connectivity index (χ0n) is 12.8. The van der Waals surface area contributed by atoms with E-state index in [1.807, 2.05) is 0 Å². The monoisotopic (exact) mass is 319 g/mol. The molecule has 0 aliphatic rings. The van der Waals surface area contributed by atoms with E-state index in [2.05, 4.69) is 25.4 Å². The summed E-state index contributed by atoms with van der Waals surface area (Å²) in [5, 5.41) is 8.24. The van der Waals surface area contributed by atoms with Crippen LogP contribution in [0.1, 0.15) is 24.2 Å². The number of azide groups is 1.